The highest BCUT2D eigenvalue weighted by molar-refractivity contribution is 8.00. The summed E-state index contributed by atoms with van der Waals surface area (Å²) in [5.74, 6) is 0.700. The lowest BCUT2D eigenvalue weighted by atomic mass is 9.99. The van der Waals surface area contributed by atoms with Crippen molar-refractivity contribution in [3.05, 3.63) is 11.6 Å². The van der Waals surface area contributed by atoms with E-state index in [1.807, 2.05) is 24.8 Å². The van der Waals surface area contributed by atoms with Gasteiger partial charge in [0, 0.05) is 23.0 Å². The van der Waals surface area contributed by atoms with Crippen LogP contribution in [-0.4, -0.2) is 100 Å². The number of thioether (sulfide) groups is 1. The van der Waals surface area contributed by atoms with Gasteiger partial charge in [0.15, 0.2) is 0 Å². The molecule has 4 N–H and O–H groups in total. The monoisotopic (exact) mass is 849 g/mol. The lowest BCUT2D eigenvalue weighted by Gasteiger charge is -2.24. The Morgan fingerprint density at radius 1 is 0.763 bits per heavy atom. The van der Waals surface area contributed by atoms with Gasteiger partial charge in [0.05, 0.1) is 48.7 Å². The quantitative estimate of drug-likeness (QED) is 0.0302. The number of urea groups is 1. The molecule has 4 saturated heterocycles. The summed E-state index contributed by atoms with van der Waals surface area (Å²) in [7, 11) is 0. The second-order valence-electron chi connectivity index (χ2n) is 18.4. The van der Waals surface area contributed by atoms with Gasteiger partial charge >= 0.3 is 18.0 Å². The van der Waals surface area contributed by atoms with Crippen LogP contribution in [-0.2, 0) is 28.5 Å². The maximum absolute atomic E-state index is 12.9. The maximum atomic E-state index is 12.9. The van der Waals surface area contributed by atoms with Crippen LogP contribution in [0.2, 0.25) is 0 Å². The molecule has 12 heteroatoms. The van der Waals surface area contributed by atoms with Gasteiger partial charge in [-0.05, 0) is 103 Å². The molecule has 0 aromatic carbocycles. The Kier molecular flexibility index (Phi) is 21.7. The fourth-order valence-corrected chi connectivity index (χ4v) is 11.4. The molecule has 2 amide bonds. The first kappa shape index (κ1) is 48.2. The number of fused-ring (bicyclic) bond motifs is 1. The van der Waals surface area contributed by atoms with Gasteiger partial charge in [0.2, 0.25) is 0 Å². The van der Waals surface area contributed by atoms with Crippen LogP contribution >= 0.6 is 11.8 Å². The number of rotatable bonds is 31. The van der Waals surface area contributed by atoms with E-state index in [4.69, 9.17) is 18.9 Å². The molecule has 0 saturated carbocycles. The van der Waals surface area contributed by atoms with Crippen molar-refractivity contribution >= 4 is 29.7 Å². The van der Waals surface area contributed by atoms with Crippen molar-refractivity contribution in [2.24, 2.45) is 0 Å². The summed E-state index contributed by atoms with van der Waals surface area (Å²) < 4.78 is 23.9. The molecule has 11 nitrogen and oxygen atoms in total. The van der Waals surface area contributed by atoms with Crippen LogP contribution in [0.4, 0.5) is 4.79 Å². The summed E-state index contributed by atoms with van der Waals surface area (Å²) >= 11 is 1.91. The van der Waals surface area contributed by atoms with Crippen LogP contribution in [0, 0.1) is 0 Å². The summed E-state index contributed by atoms with van der Waals surface area (Å²) in [6, 6.07) is 0.367. The molecule has 0 aliphatic carbocycles. The Bertz CT molecular complexity index is 1290. The number of aliphatic hydroxyl groups is 2. The molecular formula is C47H80N2O9S. The van der Waals surface area contributed by atoms with Crippen LogP contribution in [0.5, 0.6) is 0 Å². The molecule has 5 heterocycles. The molecule has 11 atom stereocenters. The lowest BCUT2D eigenvalue weighted by Crippen LogP contribution is -2.36. The number of nitrogens with one attached hydrogen (secondary N) is 2. The summed E-state index contributed by atoms with van der Waals surface area (Å²) in [6.45, 7) is 4.11. The third-order valence-electron chi connectivity index (χ3n) is 13.4. The van der Waals surface area contributed by atoms with Gasteiger partial charge in [-0.2, -0.15) is 11.8 Å². The molecule has 0 radical (unpaired) electrons. The molecule has 59 heavy (non-hydrogen) atoms. The first-order valence-corrected chi connectivity index (χ1v) is 25.2. The second-order valence-corrected chi connectivity index (χ2v) is 19.6. The molecule has 5 aliphatic heterocycles. The molecule has 0 unspecified atom stereocenters. The van der Waals surface area contributed by atoms with Crippen LogP contribution in [0.3, 0.4) is 0 Å². The molecule has 4 fully saturated rings. The zero-order valence-electron chi connectivity index (χ0n) is 36.6. The third-order valence-corrected chi connectivity index (χ3v) is 14.9. The zero-order chi connectivity index (χ0) is 41.8. The van der Waals surface area contributed by atoms with Crippen LogP contribution in [0.1, 0.15) is 194 Å². The van der Waals surface area contributed by atoms with Crippen LogP contribution in [0.25, 0.3) is 0 Å². The molecule has 0 aromatic rings. The highest BCUT2D eigenvalue weighted by Crippen LogP contribution is 2.36. The zero-order valence-corrected chi connectivity index (χ0v) is 37.4. The molecule has 0 spiro atoms. The van der Waals surface area contributed by atoms with Gasteiger partial charge in [-0.25, -0.2) is 9.59 Å². The fourth-order valence-electron chi connectivity index (χ4n) is 9.88. The molecule has 5 aliphatic rings. The molecule has 0 aromatic heterocycles. The Hall–Kier alpha value is -1.86. The number of hydrogen-bond donors (Lipinski definition) is 4. The minimum atomic E-state index is -0.551. The van der Waals surface area contributed by atoms with E-state index in [9.17, 15) is 24.6 Å². The van der Waals surface area contributed by atoms with Crippen molar-refractivity contribution in [2.75, 3.05) is 5.75 Å². The minimum absolute atomic E-state index is 0.0202. The Balaban J connectivity index is 0.870. The molecule has 5 rings (SSSR count). The van der Waals surface area contributed by atoms with Crippen molar-refractivity contribution in [3.8, 4) is 0 Å². The van der Waals surface area contributed by atoms with Crippen molar-refractivity contribution in [3.63, 3.8) is 0 Å². The topological polar surface area (TPSA) is 153 Å². The molecule has 338 valence electrons. The van der Waals surface area contributed by atoms with E-state index in [-0.39, 0.29) is 66.7 Å². The number of carbonyl (C=O) groups excluding carboxylic acids is 3. The number of cyclic esters (lactones) is 1. The maximum Gasteiger partial charge on any atom is 0.334 e. The van der Waals surface area contributed by atoms with E-state index in [0.717, 1.165) is 127 Å². The SMILES string of the molecule is CCCCCC[C@@H](CCC[C@H](O)[C@H]1CC[C@H]([C@H]2CC[C@H]([C@H](O)CCCCCCCCCCCCC3=C[C@H](C)OC3=O)O2)O1)OC(=O)CCCC[C@@H]1SC[C@@H]2NC(=O)N[C@@H]21. The van der Waals surface area contributed by atoms with Crippen molar-refractivity contribution < 1.29 is 43.5 Å². The number of ether oxygens (including phenoxy) is 4. The van der Waals surface area contributed by atoms with E-state index in [2.05, 4.69) is 17.6 Å². The smallest absolute Gasteiger partial charge is 0.334 e. The van der Waals surface area contributed by atoms with E-state index < -0.39 is 12.2 Å². The van der Waals surface area contributed by atoms with Gasteiger partial charge in [-0.1, -0.05) is 90.4 Å². The number of aliphatic hydroxyl groups excluding tert-OH is 2. The number of esters is 2. The van der Waals surface area contributed by atoms with Gasteiger partial charge in [0.1, 0.15) is 12.2 Å². The highest BCUT2D eigenvalue weighted by atomic mass is 32.2. The highest BCUT2D eigenvalue weighted by Gasteiger charge is 2.43. The van der Waals surface area contributed by atoms with Gasteiger partial charge < -0.3 is 39.8 Å². The van der Waals surface area contributed by atoms with Gasteiger partial charge in [0.25, 0.3) is 0 Å². The minimum Gasteiger partial charge on any atom is -0.462 e. The average molecular weight is 849 g/mol. The second kappa shape index (κ2) is 26.6. The number of hydrogen-bond acceptors (Lipinski definition) is 10. The number of carbonyl (C=O) groups is 3. The van der Waals surface area contributed by atoms with Crippen molar-refractivity contribution in [1.82, 2.24) is 10.6 Å². The van der Waals surface area contributed by atoms with Crippen molar-refractivity contribution in [2.45, 2.75) is 260 Å². The number of amides is 2. The van der Waals surface area contributed by atoms with Crippen LogP contribution < -0.4 is 10.6 Å². The third kappa shape index (κ3) is 16.7. The summed E-state index contributed by atoms with van der Waals surface area (Å²) in [4.78, 5) is 36.2. The lowest BCUT2D eigenvalue weighted by molar-refractivity contribution is -0.150. The Labute approximate surface area is 360 Å². The van der Waals surface area contributed by atoms with Crippen molar-refractivity contribution in [1.29, 1.82) is 0 Å². The van der Waals surface area contributed by atoms with E-state index in [0.29, 0.717) is 18.1 Å². The summed E-state index contributed by atoms with van der Waals surface area (Å²) in [5.41, 5.74) is 0.856. The average Bonchev–Trinajstić information content (AvgIpc) is 4.06. The summed E-state index contributed by atoms with van der Waals surface area (Å²) in [6.07, 6.45) is 28.1. The molecular weight excluding hydrogens is 769 g/mol. The largest absolute Gasteiger partial charge is 0.462 e. The summed E-state index contributed by atoms with van der Waals surface area (Å²) in [5, 5.41) is 28.5. The van der Waals surface area contributed by atoms with E-state index in [1.54, 1.807) is 0 Å². The Morgan fingerprint density at radius 3 is 2.00 bits per heavy atom. The fraction of sp³-hybridized carbons (Fsp3) is 0.894. The predicted octanol–water partition coefficient (Wildman–Crippen LogP) is 9.13. The molecule has 0 bridgehead atoms. The predicted molar refractivity (Wildman–Crippen MR) is 233 cm³/mol. The van der Waals surface area contributed by atoms with E-state index in [1.165, 1.54) is 51.4 Å². The van der Waals surface area contributed by atoms with Gasteiger partial charge in [-0.15, -0.1) is 0 Å². The standard InChI is InChI=1S/C47H80N2O9S/c1-3-4-5-15-21-35(56-44(52)26-18-17-25-43-45-36(32-59-43)48-47(54)49-45)22-19-24-38(51)40-28-30-42(58-40)41-29-27-39(57-41)37(50)23-16-13-11-9-7-6-8-10-12-14-20-34-31-33(2)55-46(34)53/h31,33,35-43,45,50-51H,3-30,32H2,1-2H3,(H2,48,49,54)/t33-,35-,36-,37+,38-,39+,40+,41+,42+,43-,45-/m0/s1. The van der Waals surface area contributed by atoms with E-state index >= 15 is 0 Å². The normalized spacial score (nSPS) is 29.2. The Morgan fingerprint density at radius 2 is 1.36 bits per heavy atom. The first-order chi connectivity index (χ1) is 28.7. The first-order valence-electron chi connectivity index (χ1n) is 24.2. The van der Waals surface area contributed by atoms with Gasteiger partial charge in [-0.3, -0.25) is 4.79 Å². The van der Waals surface area contributed by atoms with Crippen LogP contribution in [0.15, 0.2) is 11.6 Å². The number of unbranched alkanes of at least 4 members (excludes halogenated alkanes) is 13.